The van der Waals surface area contributed by atoms with Crippen molar-refractivity contribution >= 4 is 11.8 Å². The molecule has 4 aliphatic rings. The molecule has 0 spiro atoms. The smallest absolute Gasteiger partial charge is 0.303 e. The minimum Gasteiger partial charge on any atom is -0.481 e. The molecule has 0 amide bonds. The molecular weight excluding hydrogens is 472 g/mol. The SMILES string of the molecule is C[C@]12CCC(=O)CC1CC[C@@H]1[C@H]2C(CCCCCCCCCCCCCCC(=O)O)C[C@]2(C)C(O)CC[C@@H]12. The molecule has 0 heterocycles. The van der Waals surface area contributed by atoms with E-state index in [1.807, 2.05) is 0 Å². The first-order valence-electron chi connectivity index (χ1n) is 16.7. The van der Waals surface area contributed by atoms with Crippen LogP contribution in [0.5, 0.6) is 0 Å². The van der Waals surface area contributed by atoms with Gasteiger partial charge in [-0.2, -0.15) is 0 Å². The molecule has 0 aromatic carbocycles. The molecule has 4 rings (SSSR count). The first kappa shape index (κ1) is 30.1. The minimum atomic E-state index is -0.665. The number of hydrogen-bond donors (Lipinski definition) is 2. The summed E-state index contributed by atoms with van der Waals surface area (Å²) in [4.78, 5) is 22.9. The summed E-state index contributed by atoms with van der Waals surface area (Å²) in [7, 11) is 0. The van der Waals surface area contributed by atoms with E-state index in [1.54, 1.807) is 0 Å². The lowest BCUT2D eigenvalue weighted by Gasteiger charge is -2.62. The molecule has 4 fully saturated rings. The second-order valence-electron chi connectivity index (χ2n) is 14.6. The maximum Gasteiger partial charge on any atom is 0.303 e. The van der Waals surface area contributed by atoms with Crippen LogP contribution in [0.15, 0.2) is 0 Å². The fourth-order valence-electron chi connectivity index (χ4n) is 10.2. The molecule has 3 unspecified atom stereocenters. The van der Waals surface area contributed by atoms with Gasteiger partial charge in [0.25, 0.3) is 0 Å². The lowest BCUT2D eigenvalue weighted by Crippen LogP contribution is -2.57. The van der Waals surface area contributed by atoms with Crippen LogP contribution in [0.2, 0.25) is 0 Å². The van der Waals surface area contributed by atoms with E-state index < -0.39 is 5.97 Å². The number of fused-ring (bicyclic) bond motifs is 5. The van der Waals surface area contributed by atoms with Gasteiger partial charge in [0.1, 0.15) is 5.78 Å². The highest BCUT2D eigenvalue weighted by Gasteiger charge is 2.62. The number of aliphatic hydroxyl groups is 1. The van der Waals surface area contributed by atoms with Gasteiger partial charge in [0.15, 0.2) is 0 Å². The normalized spacial score (nSPS) is 38.4. The van der Waals surface area contributed by atoms with E-state index >= 15 is 0 Å². The fraction of sp³-hybridized carbons (Fsp3) is 0.941. The van der Waals surface area contributed by atoms with E-state index in [0.29, 0.717) is 29.5 Å². The molecule has 4 saturated carbocycles. The number of carboxylic acid groups (broad SMARTS) is 1. The van der Waals surface area contributed by atoms with Crippen molar-refractivity contribution < 1.29 is 19.8 Å². The molecule has 218 valence electrons. The van der Waals surface area contributed by atoms with Crippen LogP contribution in [-0.4, -0.2) is 28.1 Å². The molecule has 4 heteroatoms. The van der Waals surface area contributed by atoms with Crippen molar-refractivity contribution in [2.24, 2.45) is 40.4 Å². The Morgan fingerprint density at radius 1 is 0.816 bits per heavy atom. The Hall–Kier alpha value is -0.900. The molecule has 2 N–H and O–H groups in total. The Morgan fingerprint density at radius 2 is 1.42 bits per heavy atom. The van der Waals surface area contributed by atoms with Gasteiger partial charge in [-0.15, -0.1) is 0 Å². The standard InChI is InChI=1S/C34H58O4/c1-33-22-21-27(35)23-26(33)17-18-28-29-19-20-30(36)34(29,2)24-25(32(28)33)15-13-11-9-7-5-3-4-6-8-10-12-14-16-31(37)38/h25-26,28-30,32,36H,3-24H2,1-2H3,(H,37,38)/t25?,26?,28-,29-,30?,32+,33-,34-/m0/s1. The molecule has 4 aliphatic carbocycles. The molecule has 0 aliphatic heterocycles. The van der Waals surface area contributed by atoms with E-state index in [2.05, 4.69) is 13.8 Å². The molecule has 8 atom stereocenters. The molecule has 38 heavy (non-hydrogen) atoms. The summed E-state index contributed by atoms with van der Waals surface area (Å²) in [5.74, 6) is 3.40. The zero-order chi connectivity index (χ0) is 27.2. The summed E-state index contributed by atoms with van der Waals surface area (Å²) < 4.78 is 0. The molecule has 0 bridgehead atoms. The highest BCUT2D eigenvalue weighted by Crippen LogP contribution is 2.68. The predicted octanol–water partition coefficient (Wildman–Crippen LogP) is 8.73. The third-order valence-corrected chi connectivity index (χ3v) is 12.2. The number of aliphatic hydroxyl groups excluding tert-OH is 1. The number of unbranched alkanes of at least 4 members (excludes halogenated alkanes) is 11. The summed E-state index contributed by atoms with van der Waals surface area (Å²) in [6.45, 7) is 4.99. The first-order chi connectivity index (χ1) is 18.3. The highest BCUT2D eigenvalue weighted by atomic mass is 16.4. The molecule has 4 nitrogen and oxygen atoms in total. The van der Waals surface area contributed by atoms with Gasteiger partial charge in [-0.05, 0) is 85.4 Å². The topological polar surface area (TPSA) is 74.6 Å². The van der Waals surface area contributed by atoms with Crippen LogP contribution in [0.3, 0.4) is 0 Å². The number of hydrogen-bond acceptors (Lipinski definition) is 3. The van der Waals surface area contributed by atoms with Crippen LogP contribution in [0.1, 0.15) is 155 Å². The largest absolute Gasteiger partial charge is 0.481 e. The van der Waals surface area contributed by atoms with E-state index in [0.717, 1.165) is 56.3 Å². The van der Waals surface area contributed by atoms with Crippen LogP contribution >= 0.6 is 0 Å². The van der Waals surface area contributed by atoms with Gasteiger partial charge in [0.2, 0.25) is 0 Å². The van der Waals surface area contributed by atoms with Gasteiger partial charge >= 0.3 is 5.97 Å². The Balaban J connectivity index is 1.18. The Bertz CT molecular complexity index is 778. The minimum absolute atomic E-state index is 0.112. The van der Waals surface area contributed by atoms with Crippen LogP contribution in [0, 0.1) is 40.4 Å². The molecule has 0 aromatic rings. The predicted molar refractivity (Wildman–Crippen MR) is 154 cm³/mol. The third-order valence-electron chi connectivity index (χ3n) is 12.2. The van der Waals surface area contributed by atoms with Crippen molar-refractivity contribution in [3.63, 3.8) is 0 Å². The maximum atomic E-state index is 12.4. The van der Waals surface area contributed by atoms with Crippen LogP contribution in [0.4, 0.5) is 0 Å². The number of aliphatic carboxylic acids is 1. The van der Waals surface area contributed by atoms with Gasteiger partial charge in [0.05, 0.1) is 6.10 Å². The van der Waals surface area contributed by atoms with E-state index in [-0.39, 0.29) is 11.5 Å². The zero-order valence-electron chi connectivity index (χ0n) is 24.7. The van der Waals surface area contributed by atoms with Gasteiger partial charge in [-0.1, -0.05) is 90.9 Å². The monoisotopic (exact) mass is 530 g/mol. The zero-order valence-corrected chi connectivity index (χ0v) is 24.7. The number of Topliss-reactive ketones (excluding diaryl/α,β-unsaturated/α-hetero) is 1. The number of carboxylic acids is 1. The molecule has 0 saturated heterocycles. The molecular formula is C34H58O4. The van der Waals surface area contributed by atoms with Crippen molar-refractivity contribution in [3.8, 4) is 0 Å². The summed E-state index contributed by atoms with van der Waals surface area (Å²) in [5.41, 5.74) is 0.461. The van der Waals surface area contributed by atoms with Crippen molar-refractivity contribution in [2.75, 3.05) is 0 Å². The van der Waals surface area contributed by atoms with Gasteiger partial charge in [-0.3, -0.25) is 9.59 Å². The summed E-state index contributed by atoms with van der Waals surface area (Å²) in [6.07, 6.45) is 25.3. The highest BCUT2D eigenvalue weighted by molar-refractivity contribution is 5.79. The third kappa shape index (κ3) is 6.87. The Labute approximate surface area is 233 Å². The van der Waals surface area contributed by atoms with Crippen molar-refractivity contribution in [2.45, 2.75) is 161 Å². The first-order valence-corrected chi connectivity index (χ1v) is 16.7. The van der Waals surface area contributed by atoms with E-state index in [4.69, 9.17) is 5.11 Å². The van der Waals surface area contributed by atoms with Crippen molar-refractivity contribution in [1.29, 1.82) is 0 Å². The summed E-state index contributed by atoms with van der Waals surface area (Å²) in [6, 6.07) is 0. The Kier molecular flexibility index (Phi) is 10.8. The summed E-state index contributed by atoms with van der Waals surface area (Å²) >= 11 is 0. The Morgan fingerprint density at radius 3 is 2.05 bits per heavy atom. The van der Waals surface area contributed by atoms with Gasteiger partial charge in [0, 0.05) is 19.3 Å². The number of ketones is 1. The quantitative estimate of drug-likeness (QED) is 0.208. The molecule has 0 aromatic heterocycles. The number of rotatable bonds is 15. The number of carbonyl (C=O) groups is 2. The second kappa shape index (κ2) is 13.6. The van der Waals surface area contributed by atoms with Gasteiger partial charge < -0.3 is 10.2 Å². The van der Waals surface area contributed by atoms with Gasteiger partial charge in [-0.25, -0.2) is 0 Å². The average Bonchev–Trinajstić information content (AvgIpc) is 3.18. The summed E-state index contributed by atoms with van der Waals surface area (Å²) in [5, 5.41) is 19.8. The van der Waals surface area contributed by atoms with Crippen LogP contribution in [0.25, 0.3) is 0 Å². The van der Waals surface area contributed by atoms with Crippen molar-refractivity contribution in [3.05, 3.63) is 0 Å². The fourth-order valence-corrected chi connectivity index (χ4v) is 10.2. The van der Waals surface area contributed by atoms with Crippen LogP contribution < -0.4 is 0 Å². The lowest BCUT2D eigenvalue weighted by molar-refractivity contribution is -0.159. The van der Waals surface area contributed by atoms with Crippen molar-refractivity contribution in [1.82, 2.24) is 0 Å². The maximum absolute atomic E-state index is 12.4. The van der Waals surface area contributed by atoms with Crippen LogP contribution in [-0.2, 0) is 9.59 Å². The van der Waals surface area contributed by atoms with E-state index in [1.165, 1.54) is 96.3 Å². The average molecular weight is 531 g/mol. The van der Waals surface area contributed by atoms with E-state index in [9.17, 15) is 14.7 Å². The second-order valence-corrected chi connectivity index (χ2v) is 14.6. The molecule has 0 radical (unpaired) electrons. The number of carbonyl (C=O) groups excluding carboxylic acids is 1. The lowest BCUT2D eigenvalue weighted by atomic mass is 9.42.